The Morgan fingerprint density at radius 3 is 2.32 bits per heavy atom. The Hall–Kier alpha value is -2.08. The lowest BCUT2D eigenvalue weighted by molar-refractivity contribution is -0.120. The van der Waals surface area contributed by atoms with Gasteiger partial charge in [-0.2, -0.15) is 0 Å². The predicted molar refractivity (Wildman–Crippen MR) is 109 cm³/mol. The lowest BCUT2D eigenvalue weighted by atomic mass is 9.68. The number of carbonyl (C=O) groups is 2. The normalized spacial score (nSPS) is 22.9. The van der Waals surface area contributed by atoms with Crippen molar-refractivity contribution in [2.24, 2.45) is 5.41 Å². The Kier molecular flexibility index (Phi) is 5.85. The van der Waals surface area contributed by atoms with Crippen molar-refractivity contribution < 1.29 is 14.3 Å². The summed E-state index contributed by atoms with van der Waals surface area (Å²) >= 11 is 0. The number of hydrogen-bond acceptors (Lipinski definition) is 4. The van der Waals surface area contributed by atoms with Crippen molar-refractivity contribution >= 4 is 17.6 Å². The summed E-state index contributed by atoms with van der Waals surface area (Å²) in [6.45, 7) is 4.47. The molecular weight excluding hydrogens is 354 g/mol. The number of anilines is 1. The maximum Gasteiger partial charge on any atom is 0.328 e. The van der Waals surface area contributed by atoms with Crippen LogP contribution in [0.5, 0.6) is 5.75 Å². The zero-order valence-electron chi connectivity index (χ0n) is 16.6. The van der Waals surface area contributed by atoms with E-state index in [-0.39, 0.29) is 11.9 Å². The summed E-state index contributed by atoms with van der Waals surface area (Å²) in [4.78, 5) is 27.3. The van der Waals surface area contributed by atoms with Crippen LogP contribution in [0, 0.1) is 5.41 Å². The van der Waals surface area contributed by atoms with E-state index in [0.717, 1.165) is 18.0 Å². The van der Waals surface area contributed by atoms with E-state index in [1.165, 1.54) is 58.0 Å². The minimum absolute atomic E-state index is 0.215. The van der Waals surface area contributed by atoms with Gasteiger partial charge in [-0.3, -0.25) is 19.9 Å². The molecule has 1 aliphatic carbocycles. The molecule has 152 valence electrons. The van der Waals surface area contributed by atoms with E-state index in [0.29, 0.717) is 25.0 Å². The lowest BCUT2D eigenvalue weighted by Crippen LogP contribution is -2.49. The Balaban J connectivity index is 1.20. The van der Waals surface area contributed by atoms with Crippen molar-refractivity contribution in [1.29, 1.82) is 0 Å². The Morgan fingerprint density at radius 1 is 0.929 bits per heavy atom. The quantitative estimate of drug-likeness (QED) is 0.842. The number of imide groups is 1. The number of hydrogen-bond donors (Lipinski definition) is 1. The van der Waals surface area contributed by atoms with Crippen molar-refractivity contribution in [3.63, 3.8) is 0 Å². The molecule has 6 nitrogen and oxygen atoms in total. The first-order valence-corrected chi connectivity index (χ1v) is 10.7. The highest BCUT2D eigenvalue weighted by Gasteiger charge is 2.35. The van der Waals surface area contributed by atoms with Gasteiger partial charge >= 0.3 is 6.03 Å². The van der Waals surface area contributed by atoms with E-state index in [1.807, 2.05) is 24.3 Å². The van der Waals surface area contributed by atoms with Gasteiger partial charge in [0.1, 0.15) is 12.4 Å². The fourth-order valence-corrected chi connectivity index (χ4v) is 4.88. The van der Waals surface area contributed by atoms with E-state index in [2.05, 4.69) is 10.2 Å². The summed E-state index contributed by atoms with van der Waals surface area (Å²) in [5.41, 5.74) is 1.43. The number of nitrogens with zero attached hydrogens (tertiary/aromatic N) is 2. The van der Waals surface area contributed by atoms with Gasteiger partial charge in [-0.15, -0.1) is 0 Å². The second kappa shape index (κ2) is 8.52. The molecule has 6 heteroatoms. The second-order valence-corrected chi connectivity index (χ2v) is 8.50. The molecule has 4 rings (SSSR count). The van der Waals surface area contributed by atoms with Crippen LogP contribution < -0.4 is 15.0 Å². The number of amides is 3. The number of rotatable bonds is 5. The van der Waals surface area contributed by atoms with Crippen LogP contribution >= 0.6 is 0 Å². The molecule has 2 saturated heterocycles. The molecule has 1 spiro atoms. The third-order valence-electron chi connectivity index (χ3n) is 6.71. The van der Waals surface area contributed by atoms with E-state index >= 15 is 0 Å². The van der Waals surface area contributed by atoms with Gasteiger partial charge in [-0.05, 0) is 68.5 Å². The van der Waals surface area contributed by atoms with Crippen LogP contribution in [-0.4, -0.2) is 49.6 Å². The van der Waals surface area contributed by atoms with Crippen molar-refractivity contribution in [3.8, 4) is 5.75 Å². The molecule has 1 aromatic carbocycles. The Morgan fingerprint density at radius 2 is 1.64 bits per heavy atom. The maximum absolute atomic E-state index is 11.9. The molecule has 3 amide bonds. The number of urea groups is 1. The van der Waals surface area contributed by atoms with Crippen LogP contribution in [0.3, 0.4) is 0 Å². The molecule has 2 aliphatic heterocycles. The van der Waals surface area contributed by atoms with Crippen LogP contribution in [0.4, 0.5) is 10.5 Å². The van der Waals surface area contributed by atoms with Crippen LogP contribution in [0.15, 0.2) is 24.3 Å². The van der Waals surface area contributed by atoms with Crippen LogP contribution in [0.2, 0.25) is 0 Å². The number of carbonyl (C=O) groups excluding carboxylic acids is 2. The molecule has 0 unspecified atom stereocenters. The molecule has 0 bridgehead atoms. The van der Waals surface area contributed by atoms with Gasteiger partial charge in [0.2, 0.25) is 5.91 Å². The minimum atomic E-state index is -0.356. The van der Waals surface area contributed by atoms with Crippen LogP contribution in [0.25, 0.3) is 0 Å². The number of ether oxygens (including phenoxy) is 1. The first-order chi connectivity index (χ1) is 13.6. The molecule has 3 fully saturated rings. The van der Waals surface area contributed by atoms with Gasteiger partial charge in [-0.1, -0.05) is 19.3 Å². The molecule has 0 radical (unpaired) electrons. The summed E-state index contributed by atoms with van der Waals surface area (Å²) in [5, 5.41) is 2.35. The van der Waals surface area contributed by atoms with Gasteiger partial charge in [-0.25, -0.2) is 4.79 Å². The number of nitrogens with one attached hydrogen (secondary N) is 1. The standard InChI is InChI=1S/C22H31N3O3/c26-20-8-13-25(21(27)23-20)18-4-6-19(7-5-18)28-17-16-24-14-11-22(12-15-24)9-2-1-3-10-22/h4-7H,1-3,8-17H2,(H,23,26,27). The highest BCUT2D eigenvalue weighted by atomic mass is 16.5. The van der Waals surface area contributed by atoms with Crippen molar-refractivity contribution in [2.75, 3.05) is 37.7 Å². The summed E-state index contributed by atoms with van der Waals surface area (Å²) in [7, 11) is 0. The summed E-state index contributed by atoms with van der Waals surface area (Å²) in [6.07, 6.45) is 10.2. The topological polar surface area (TPSA) is 61.9 Å². The first-order valence-electron chi connectivity index (χ1n) is 10.7. The highest BCUT2D eigenvalue weighted by Crippen LogP contribution is 2.44. The molecule has 2 heterocycles. The van der Waals surface area contributed by atoms with Gasteiger partial charge in [0, 0.05) is 25.2 Å². The van der Waals surface area contributed by atoms with E-state index in [1.54, 1.807) is 4.90 Å². The molecule has 0 aromatic heterocycles. The molecule has 0 atom stereocenters. The number of benzene rings is 1. The third kappa shape index (κ3) is 4.49. The lowest BCUT2D eigenvalue weighted by Gasteiger charge is -2.44. The zero-order chi connectivity index (χ0) is 19.4. The molecular formula is C22H31N3O3. The monoisotopic (exact) mass is 385 g/mol. The van der Waals surface area contributed by atoms with Gasteiger partial charge in [0.05, 0.1) is 0 Å². The Labute approximate surface area is 167 Å². The second-order valence-electron chi connectivity index (χ2n) is 8.50. The van der Waals surface area contributed by atoms with Crippen molar-refractivity contribution in [3.05, 3.63) is 24.3 Å². The fraction of sp³-hybridized carbons (Fsp3) is 0.636. The Bertz CT molecular complexity index is 687. The summed E-state index contributed by atoms with van der Waals surface area (Å²) < 4.78 is 5.92. The molecule has 3 aliphatic rings. The molecule has 1 saturated carbocycles. The van der Waals surface area contributed by atoms with Gasteiger partial charge in [0.25, 0.3) is 0 Å². The average molecular weight is 386 g/mol. The first kappa shape index (κ1) is 19.2. The van der Waals surface area contributed by atoms with Crippen molar-refractivity contribution in [2.45, 2.75) is 51.4 Å². The largest absolute Gasteiger partial charge is 0.492 e. The van der Waals surface area contributed by atoms with E-state index in [4.69, 9.17) is 4.74 Å². The van der Waals surface area contributed by atoms with Gasteiger partial charge in [0.15, 0.2) is 0 Å². The van der Waals surface area contributed by atoms with Gasteiger partial charge < -0.3 is 4.74 Å². The molecule has 28 heavy (non-hydrogen) atoms. The van der Waals surface area contributed by atoms with Crippen molar-refractivity contribution in [1.82, 2.24) is 10.2 Å². The number of piperidine rings is 1. The predicted octanol–water partition coefficient (Wildman–Crippen LogP) is 3.56. The summed E-state index contributed by atoms with van der Waals surface area (Å²) in [6, 6.07) is 7.18. The van der Waals surface area contributed by atoms with E-state index < -0.39 is 0 Å². The van der Waals surface area contributed by atoms with Crippen LogP contribution in [-0.2, 0) is 4.79 Å². The van der Waals surface area contributed by atoms with Crippen LogP contribution in [0.1, 0.15) is 51.4 Å². The maximum atomic E-state index is 11.9. The third-order valence-corrected chi connectivity index (χ3v) is 6.71. The fourth-order valence-electron chi connectivity index (χ4n) is 4.88. The minimum Gasteiger partial charge on any atom is -0.492 e. The molecule has 1 aromatic rings. The smallest absolute Gasteiger partial charge is 0.328 e. The zero-order valence-corrected chi connectivity index (χ0v) is 16.6. The highest BCUT2D eigenvalue weighted by molar-refractivity contribution is 6.05. The average Bonchev–Trinajstić information content (AvgIpc) is 2.71. The number of likely N-dealkylation sites (tertiary alicyclic amines) is 1. The molecule has 1 N–H and O–H groups in total. The summed E-state index contributed by atoms with van der Waals surface area (Å²) in [5.74, 6) is 0.603. The van der Waals surface area contributed by atoms with E-state index in [9.17, 15) is 9.59 Å². The SMILES string of the molecule is O=C1CCN(c2ccc(OCCN3CCC4(CCCCC4)CC3)cc2)C(=O)N1.